The molecule has 2 amide bonds. The number of rotatable bonds is 5. The van der Waals surface area contributed by atoms with E-state index in [9.17, 15) is 4.79 Å². The zero-order valence-electron chi connectivity index (χ0n) is 16.7. The molecule has 0 spiro atoms. The summed E-state index contributed by atoms with van der Waals surface area (Å²) in [6, 6.07) is 10.8. The Labute approximate surface area is 167 Å². The van der Waals surface area contributed by atoms with Crippen LogP contribution < -0.4 is 5.32 Å². The number of aromatic nitrogens is 2. The number of aryl methyl sites for hydroxylation is 1. The Balaban J connectivity index is 1.17. The maximum atomic E-state index is 12.5. The van der Waals surface area contributed by atoms with Gasteiger partial charge >= 0.3 is 6.03 Å². The monoisotopic (exact) mass is 381 g/mol. The van der Waals surface area contributed by atoms with Gasteiger partial charge in [-0.2, -0.15) is 5.10 Å². The van der Waals surface area contributed by atoms with Crippen molar-refractivity contribution >= 4 is 6.03 Å². The standard InChI is InChI=1S/C22H31N5O/c1-17-4-2-3-5-20(17)19-7-12-26(16-19)15-11-23-22(28)27-13-8-18(9-14-27)21-6-10-24-25-21/h2-6,10,18-19H,7-9,11-16H2,1H3,(H,23,28)(H,24,25). The largest absolute Gasteiger partial charge is 0.337 e. The molecule has 6 nitrogen and oxygen atoms in total. The van der Waals surface area contributed by atoms with E-state index in [1.807, 2.05) is 11.0 Å². The van der Waals surface area contributed by atoms with E-state index in [1.54, 1.807) is 6.20 Å². The molecule has 4 rings (SSSR count). The Bertz CT molecular complexity index is 767. The fourth-order valence-corrected chi connectivity index (χ4v) is 4.65. The molecular weight excluding hydrogens is 350 g/mol. The van der Waals surface area contributed by atoms with Crippen LogP contribution >= 0.6 is 0 Å². The van der Waals surface area contributed by atoms with Crippen LogP contribution in [-0.4, -0.2) is 65.3 Å². The van der Waals surface area contributed by atoms with Gasteiger partial charge in [0.05, 0.1) is 0 Å². The highest BCUT2D eigenvalue weighted by molar-refractivity contribution is 5.74. The number of carbonyl (C=O) groups is 1. The second-order valence-electron chi connectivity index (χ2n) is 8.15. The molecule has 0 bridgehead atoms. The van der Waals surface area contributed by atoms with E-state index in [0.717, 1.165) is 52.1 Å². The van der Waals surface area contributed by atoms with Gasteiger partial charge < -0.3 is 15.1 Å². The molecule has 6 heteroatoms. The Morgan fingerprint density at radius 2 is 1.93 bits per heavy atom. The van der Waals surface area contributed by atoms with E-state index in [1.165, 1.54) is 23.2 Å². The third kappa shape index (κ3) is 4.38. The summed E-state index contributed by atoms with van der Waals surface area (Å²) in [5.74, 6) is 1.12. The van der Waals surface area contributed by atoms with Gasteiger partial charge in [-0.05, 0) is 55.8 Å². The molecule has 0 radical (unpaired) electrons. The summed E-state index contributed by atoms with van der Waals surface area (Å²) in [6.45, 7) is 7.69. The number of nitrogens with zero attached hydrogens (tertiary/aromatic N) is 3. The average molecular weight is 382 g/mol. The zero-order chi connectivity index (χ0) is 19.3. The molecule has 2 saturated heterocycles. The normalized spacial score (nSPS) is 21.2. The number of hydrogen-bond donors (Lipinski definition) is 2. The van der Waals surface area contributed by atoms with Crippen molar-refractivity contribution in [1.82, 2.24) is 25.3 Å². The number of benzene rings is 1. The first-order valence-corrected chi connectivity index (χ1v) is 10.5. The number of hydrogen-bond acceptors (Lipinski definition) is 3. The molecule has 3 heterocycles. The van der Waals surface area contributed by atoms with Gasteiger partial charge in [0, 0.05) is 50.5 Å². The summed E-state index contributed by atoms with van der Waals surface area (Å²) >= 11 is 0. The van der Waals surface area contributed by atoms with E-state index in [0.29, 0.717) is 11.8 Å². The SMILES string of the molecule is Cc1ccccc1C1CCN(CCNC(=O)N2CCC(c3ccn[nH]3)CC2)C1. The molecule has 2 aromatic rings. The molecule has 28 heavy (non-hydrogen) atoms. The molecule has 2 aliphatic rings. The maximum Gasteiger partial charge on any atom is 0.317 e. The number of piperidine rings is 1. The summed E-state index contributed by atoms with van der Waals surface area (Å²) in [5.41, 5.74) is 4.06. The smallest absolute Gasteiger partial charge is 0.317 e. The highest BCUT2D eigenvalue weighted by atomic mass is 16.2. The first kappa shape index (κ1) is 19.0. The summed E-state index contributed by atoms with van der Waals surface area (Å²) in [4.78, 5) is 16.9. The van der Waals surface area contributed by atoms with Crippen molar-refractivity contribution in [2.45, 2.75) is 38.0 Å². The Hall–Kier alpha value is -2.34. The van der Waals surface area contributed by atoms with Gasteiger partial charge in [0.2, 0.25) is 0 Å². The van der Waals surface area contributed by atoms with Crippen molar-refractivity contribution in [3.8, 4) is 0 Å². The molecule has 1 unspecified atom stereocenters. The Morgan fingerprint density at radius 1 is 1.14 bits per heavy atom. The van der Waals surface area contributed by atoms with E-state index in [-0.39, 0.29) is 6.03 Å². The van der Waals surface area contributed by atoms with Gasteiger partial charge in [0.25, 0.3) is 0 Å². The Morgan fingerprint density at radius 3 is 2.68 bits per heavy atom. The first-order valence-electron chi connectivity index (χ1n) is 10.5. The lowest BCUT2D eigenvalue weighted by Gasteiger charge is -2.31. The molecule has 1 aromatic carbocycles. The van der Waals surface area contributed by atoms with E-state index in [4.69, 9.17) is 0 Å². The van der Waals surface area contributed by atoms with Crippen molar-refractivity contribution in [3.63, 3.8) is 0 Å². The van der Waals surface area contributed by atoms with Crippen LogP contribution in [0.3, 0.4) is 0 Å². The number of H-pyrrole nitrogens is 1. The summed E-state index contributed by atoms with van der Waals surface area (Å²) in [7, 11) is 0. The van der Waals surface area contributed by atoms with Gasteiger partial charge in [-0.25, -0.2) is 4.79 Å². The number of likely N-dealkylation sites (tertiary alicyclic amines) is 2. The van der Waals surface area contributed by atoms with Crippen LogP contribution in [0.2, 0.25) is 0 Å². The van der Waals surface area contributed by atoms with Crippen LogP contribution in [-0.2, 0) is 0 Å². The Kier molecular flexibility index (Phi) is 5.95. The van der Waals surface area contributed by atoms with Crippen LogP contribution in [0.1, 0.15) is 47.9 Å². The second-order valence-corrected chi connectivity index (χ2v) is 8.15. The van der Waals surface area contributed by atoms with E-state index in [2.05, 4.69) is 51.6 Å². The number of amides is 2. The predicted octanol–water partition coefficient (Wildman–Crippen LogP) is 3.10. The third-order valence-electron chi connectivity index (χ3n) is 6.35. The number of urea groups is 1. The van der Waals surface area contributed by atoms with Crippen molar-refractivity contribution < 1.29 is 4.79 Å². The topological polar surface area (TPSA) is 64.3 Å². The number of nitrogens with one attached hydrogen (secondary N) is 2. The van der Waals surface area contributed by atoms with Gasteiger partial charge in [-0.3, -0.25) is 5.10 Å². The molecule has 1 atom stereocenters. The lowest BCUT2D eigenvalue weighted by molar-refractivity contribution is 0.179. The molecule has 2 fully saturated rings. The van der Waals surface area contributed by atoms with Crippen molar-refractivity contribution in [3.05, 3.63) is 53.3 Å². The zero-order valence-corrected chi connectivity index (χ0v) is 16.7. The van der Waals surface area contributed by atoms with Gasteiger partial charge in [0.1, 0.15) is 0 Å². The molecular formula is C22H31N5O. The van der Waals surface area contributed by atoms with E-state index < -0.39 is 0 Å². The molecule has 0 aliphatic carbocycles. The van der Waals surface area contributed by atoms with Gasteiger partial charge in [0.15, 0.2) is 0 Å². The highest BCUT2D eigenvalue weighted by Crippen LogP contribution is 2.29. The van der Waals surface area contributed by atoms with E-state index >= 15 is 0 Å². The van der Waals surface area contributed by atoms with Crippen molar-refractivity contribution in [2.75, 3.05) is 39.3 Å². The third-order valence-corrected chi connectivity index (χ3v) is 6.35. The molecule has 1 aromatic heterocycles. The number of carbonyl (C=O) groups excluding carboxylic acids is 1. The van der Waals surface area contributed by atoms with Crippen LogP contribution in [0.5, 0.6) is 0 Å². The van der Waals surface area contributed by atoms with Gasteiger partial charge in [-0.1, -0.05) is 24.3 Å². The van der Waals surface area contributed by atoms with Crippen LogP contribution in [0.15, 0.2) is 36.5 Å². The molecule has 2 N–H and O–H groups in total. The van der Waals surface area contributed by atoms with Crippen LogP contribution in [0.25, 0.3) is 0 Å². The maximum absolute atomic E-state index is 12.5. The summed E-state index contributed by atoms with van der Waals surface area (Å²) in [6.07, 6.45) is 5.01. The molecule has 0 saturated carbocycles. The molecule has 150 valence electrons. The predicted molar refractivity (Wildman–Crippen MR) is 111 cm³/mol. The quantitative estimate of drug-likeness (QED) is 0.836. The summed E-state index contributed by atoms with van der Waals surface area (Å²) in [5, 5.41) is 10.2. The molecule has 2 aliphatic heterocycles. The highest BCUT2D eigenvalue weighted by Gasteiger charge is 2.26. The number of aromatic amines is 1. The van der Waals surface area contributed by atoms with Gasteiger partial charge in [-0.15, -0.1) is 0 Å². The lowest BCUT2D eigenvalue weighted by Crippen LogP contribution is -2.46. The minimum Gasteiger partial charge on any atom is -0.337 e. The summed E-state index contributed by atoms with van der Waals surface area (Å²) < 4.78 is 0. The fraction of sp³-hybridized carbons (Fsp3) is 0.545. The minimum absolute atomic E-state index is 0.0812. The van der Waals surface area contributed by atoms with Crippen LogP contribution in [0, 0.1) is 6.92 Å². The second kappa shape index (κ2) is 8.78. The minimum atomic E-state index is 0.0812. The fourth-order valence-electron chi connectivity index (χ4n) is 4.65. The average Bonchev–Trinajstić information content (AvgIpc) is 3.41. The van der Waals surface area contributed by atoms with Crippen molar-refractivity contribution in [2.24, 2.45) is 0 Å². The first-order chi connectivity index (χ1) is 13.7. The lowest BCUT2D eigenvalue weighted by atomic mass is 9.94. The van der Waals surface area contributed by atoms with Crippen LogP contribution in [0.4, 0.5) is 4.79 Å². The van der Waals surface area contributed by atoms with Crippen molar-refractivity contribution in [1.29, 1.82) is 0 Å².